The minimum Gasteiger partial charge on any atom is -0.318 e. The van der Waals surface area contributed by atoms with Crippen LogP contribution in [0.1, 0.15) is 15.9 Å². The highest BCUT2D eigenvalue weighted by Crippen LogP contribution is 2.25. The van der Waals surface area contributed by atoms with Crippen LogP contribution in [-0.4, -0.2) is 26.5 Å². The van der Waals surface area contributed by atoms with Gasteiger partial charge in [0.1, 0.15) is 0 Å². The second-order valence-corrected chi connectivity index (χ2v) is 5.72. The van der Waals surface area contributed by atoms with Gasteiger partial charge in [0.2, 0.25) is 0 Å². The summed E-state index contributed by atoms with van der Waals surface area (Å²) in [7, 11) is -3.33. The number of fused-ring (bicyclic) bond motifs is 1. The van der Waals surface area contributed by atoms with Crippen molar-refractivity contribution in [3.05, 3.63) is 35.4 Å². The molecule has 0 aliphatic heterocycles. The van der Waals surface area contributed by atoms with Crippen molar-refractivity contribution in [2.45, 2.75) is 10.9 Å². The summed E-state index contributed by atoms with van der Waals surface area (Å²) in [6.45, 7) is 0. The van der Waals surface area contributed by atoms with Gasteiger partial charge in [0, 0.05) is 17.4 Å². The molecule has 1 aliphatic rings. The van der Waals surface area contributed by atoms with E-state index in [0.717, 1.165) is 6.26 Å². The van der Waals surface area contributed by atoms with Crippen LogP contribution >= 0.6 is 0 Å². The fourth-order valence-corrected chi connectivity index (χ4v) is 2.62. The standard InChI is InChI=1S/C11H11NO3S/c1-16(14,15)10-4-2-3-8-7(10)5-6-9(12)11(8)13/h2-6,9H,12H2,1H3/t9-/m0/s1. The van der Waals surface area contributed by atoms with Crippen LogP contribution in [0.2, 0.25) is 0 Å². The topological polar surface area (TPSA) is 77.2 Å². The second-order valence-electron chi connectivity index (χ2n) is 3.74. The first-order chi connectivity index (χ1) is 7.41. The van der Waals surface area contributed by atoms with Crippen LogP contribution < -0.4 is 5.73 Å². The molecule has 0 radical (unpaired) electrons. The largest absolute Gasteiger partial charge is 0.318 e. The molecule has 0 unspecified atom stereocenters. The minimum absolute atomic E-state index is 0.168. The van der Waals surface area contributed by atoms with E-state index in [-0.39, 0.29) is 10.7 Å². The number of sulfone groups is 1. The van der Waals surface area contributed by atoms with Crippen LogP contribution in [0.4, 0.5) is 0 Å². The lowest BCUT2D eigenvalue weighted by Crippen LogP contribution is -2.31. The average molecular weight is 237 g/mol. The highest BCUT2D eigenvalue weighted by atomic mass is 32.2. The lowest BCUT2D eigenvalue weighted by atomic mass is 9.93. The molecule has 0 amide bonds. The van der Waals surface area contributed by atoms with E-state index in [1.807, 2.05) is 0 Å². The summed E-state index contributed by atoms with van der Waals surface area (Å²) in [5, 5.41) is 0. The van der Waals surface area contributed by atoms with E-state index in [0.29, 0.717) is 11.1 Å². The first-order valence-corrected chi connectivity index (χ1v) is 6.61. The Kier molecular flexibility index (Phi) is 2.44. The van der Waals surface area contributed by atoms with Crippen molar-refractivity contribution in [3.63, 3.8) is 0 Å². The van der Waals surface area contributed by atoms with Gasteiger partial charge in [0.15, 0.2) is 15.6 Å². The molecule has 4 nitrogen and oxygen atoms in total. The molecule has 5 heteroatoms. The van der Waals surface area contributed by atoms with Crippen molar-refractivity contribution in [2.75, 3.05) is 6.26 Å². The number of nitrogens with two attached hydrogens (primary N) is 1. The van der Waals surface area contributed by atoms with E-state index < -0.39 is 15.9 Å². The van der Waals surface area contributed by atoms with Gasteiger partial charge in [-0.05, 0) is 6.07 Å². The highest BCUT2D eigenvalue weighted by molar-refractivity contribution is 7.90. The number of carbonyl (C=O) groups is 1. The van der Waals surface area contributed by atoms with Gasteiger partial charge < -0.3 is 5.73 Å². The molecule has 0 aromatic heterocycles. The number of hydrogen-bond acceptors (Lipinski definition) is 4. The quantitative estimate of drug-likeness (QED) is 0.777. The number of ketones is 1. The Morgan fingerprint density at radius 3 is 2.62 bits per heavy atom. The Balaban J connectivity index is 2.75. The van der Waals surface area contributed by atoms with E-state index in [2.05, 4.69) is 0 Å². The molecule has 1 atom stereocenters. The molecule has 1 aromatic carbocycles. The van der Waals surface area contributed by atoms with E-state index >= 15 is 0 Å². The maximum atomic E-state index is 11.7. The fourth-order valence-electron chi connectivity index (χ4n) is 1.72. The summed E-state index contributed by atoms with van der Waals surface area (Å²) in [4.78, 5) is 11.9. The third-order valence-corrected chi connectivity index (χ3v) is 3.66. The first-order valence-electron chi connectivity index (χ1n) is 4.72. The molecule has 1 aliphatic carbocycles. The zero-order chi connectivity index (χ0) is 11.9. The van der Waals surface area contributed by atoms with Crippen molar-refractivity contribution in [2.24, 2.45) is 5.73 Å². The molecule has 0 saturated heterocycles. The summed E-state index contributed by atoms with van der Waals surface area (Å²) in [5.41, 5.74) is 6.38. The minimum atomic E-state index is -3.33. The van der Waals surface area contributed by atoms with Crippen molar-refractivity contribution in [3.8, 4) is 0 Å². The maximum Gasteiger partial charge on any atom is 0.184 e. The zero-order valence-corrected chi connectivity index (χ0v) is 9.49. The van der Waals surface area contributed by atoms with Crippen LogP contribution in [0.5, 0.6) is 0 Å². The van der Waals surface area contributed by atoms with Gasteiger partial charge in [-0.15, -0.1) is 0 Å². The molecule has 2 N–H and O–H groups in total. The first kappa shape index (κ1) is 11.0. The van der Waals surface area contributed by atoms with Crippen LogP contribution in [0, 0.1) is 0 Å². The van der Waals surface area contributed by atoms with Gasteiger partial charge in [-0.3, -0.25) is 4.79 Å². The highest BCUT2D eigenvalue weighted by Gasteiger charge is 2.24. The number of hydrogen-bond donors (Lipinski definition) is 1. The number of carbonyl (C=O) groups excluding carboxylic acids is 1. The lowest BCUT2D eigenvalue weighted by Gasteiger charge is -2.16. The summed E-state index contributed by atoms with van der Waals surface area (Å²) < 4.78 is 23.0. The third kappa shape index (κ3) is 1.68. The third-order valence-electron chi connectivity index (χ3n) is 2.50. The summed E-state index contributed by atoms with van der Waals surface area (Å²) in [6.07, 6.45) is 4.23. The average Bonchev–Trinajstić information content (AvgIpc) is 2.21. The van der Waals surface area contributed by atoms with Crippen LogP contribution in [-0.2, 0) is 9.84 Å². The molecule has 0 saturated carbocycles. The van der Waals surface area contributed by atoms with Crippen LogP contribution in [0.3, 0.4) is 0 Å². The van der Waals surface area contributed by atoms with E-state index in [9.17, 15) is 13.2 Å². The number of benzene rings is 1. The van der Waals surface area contributed by atoms with E-state index in [1.165, 1.54) is 12.1 Å². The van der Waals surface area contributed by atoms with Gasteiger partial charge in [0.05, 0.1) is 10.9 Å². The van der Waals surface area contributed by atoms with Gasteiger partial charge in [-0.1, -0.05) is 24.3 Å². The van der Waals surface area contributed by atoms with Gasteiger partial charge in [-0.2, -0.15) is 0 Å². The Hall–Kier alpha value is -1.46. The molecule has 0 spiro atoms. The smallest absolute Gasteiger partial charge is 0.184 e. The van der Waals surface area contributed by atoms with Crippen LogP contribution in [0.15, 0.2) is 29.2 Å². The zero-order valence-electron chi connectivity index (χ0n) is 8.67. The van der Waals surface area contributed by atoms with E-state index in [1.54, 1.807) is 18.2 Å². The van der Waals surface area contributed by atoms with E-state index in [4.69, 9.17) is 5.73 Å². The maximum absolute atomic E-state index is 11.7. The predicted octanol–water partition coefficient (Wildman–Crippen LogP) is 0.627. The lowest BCUT2D eigenvalue weighted by molar-refractivity contribution is 0.0976. The van der Waals surface area contributed by atoms with Gasteiger partial charge >= 0.3 is 0 Å². The molecule has 0 heterocycles. The number of Topliss-reactive ketones (excluding diaryl/α,β-unsaturated/α-hetero) is 1. The summed E-state index contributed by atoms with van der Waals surface area (Å²) >= 11 is 0. The Bertz CT molecular complexity index is 587. The van der Waals surface area contributed by atoms with Gasteiger partial charge in [-0.25, -0.2) is 8.42 Å². The predicted molar refractivity (Wildman–Crippen MR) is 60.9 cm³/mol. The molecular weight excluding hydrogens is 226 g/mol. The summed E-state index contributed by atoms with van der Waals surface area (Å²) in [6, 6.07) is 3.96. The normalized spacial score (nSPS) is 19.6. The molecule has 84 valence electrons. The molecule has 0 bridgehead atoms. The van der Waals surface area contributed by atoms with Gasteiger partial charge in [0.25, 0.3) is 0 Å². The molecule has 16 heavy (non-hydrogen) atoms. The Morgan fingerprint density at radius 2 is 2.00 bits per heavy atom. The summed E-state index contributed by atoms with van der Waals surface area (Å²) in [5.74, 6) is -0.247. The Labute approximate surface area is 93.7 Å². The number of rotatable bonds is 1. The second kappa shape index (κ2) is 3.54. The Morgan fingerprint density at radius 1 is 1.31 bits per heavy atom. The monoisotopic (exact) mass is 237 g/mol. The molecular formula is C11H11NO3S. The van der Waals surface area contributed by atoms with Crippen molar-refractivity contribution < 1.29 is 13.2 Å². The molecule has 0 fully saturated rings. The fraction of sp³-hybridized carbons (Fsp3) is 0.182. The van der Waals surface area contributed by atoms with Crippen LogP contribution in [0.25, 0.3) is 6.08 Å². The molecule has 2 rings (SSSR count). The van der Waals surface area contributed by atoms with Crippen molar-refractivity contribution in [1.29, 1.82) is 0 Å². The molecule has 1 aromatic rings. The van der Waals surface area contributed by atoms with Crippen molar-refractivity contribution >= 4 is 21.7 Å². The van der Waals surface area contributed by atoms with Crippen molar-refractivity contribution in [1.82, 2.24) is 0 Å². The SMILES string of the molecule is CS(=O)(=O)c1cccc2c1C=C[C@H](N)C2=O.